The first-order valence-electron chi connectivity index (χ1n) is 7.08. The highest BCUT2D eigenvalue weighted by Gasteiger charge is 2.28. The fourth-order valence-electron chi connectivity index (χ4n) is 2.54. The van der Waals surface area contributed by atoms with E-state index in [1.54, 1.807) is 22.9 Å². The van der Waals surface area contributed by atoms with Gasteiger partial charge in [0.15, 0.2) is 0 Å². The van der Waals surface area contributed by atoms with Gasteiger partial charge in [0.05, 0.1) is 5.02 Å². The van der Waals surface area contributed by atoms with Crippen molar-refractivity contribution in [3.05, 3.63) is 40.6 Å². The summed E-state index contributed by atoms with van der Waals surface area (Å²) in [6.45, 7) is 4.21. The van der Waals surface area contributed by atoms with Gasteiger partial charge in [-0.2, -0.15) is 0 Å². The van der Waals surface area contributed by atoms with E-state index in [4.69, 9.17) is 22.0 Å². The molecule has 1 aliphatic heterocycles. The SMILES string of the molecule is Cc1onc(-c2ccccc2Cl)c1C(=O)N1CCN(N)CC1. The first-order valence-corrected chi connectivity index (χ1v) is 7.46. The lowest BCUT2D eigenvalue weighted by atomic mass is 10.0. The number of benzene rings is 1. The highest BCUT2D eigenvalue weighted by Crippen LogP contribution is 2.31. The van der Waals surface area contributed by atoms with E-state index in [0.29, 0.717) is 53.8 Å². The van der Waals surface area contributed by atoms with Crippen molar-refractivity contribution in [2.45, 2.75) is 6.92 Å². The van der Waals surface area contributed by atoms with Gasteiger partial charge < -0.3 is 9.42 Å². The standard InChI is InChI=1S/C15H17ClN4O2/c1-10-13(15(21)19-6-8-20(17)9-7-19)14(18-22-10)11-4-2-3-5-12(11)16/h2-5H,6-9,17H2,1H3. The van der Waals surface area contributed by atoms with E-state index in [1.165, 1.54) is 0 Å². The number of aromatic nitrogens is 1. The van der Waals surface area contributed by atoms with Gasteiger partial charge in [0.1, 0.15) is 17.0 Å². The molecule has 2 aromatic rings. The van der Waals surface area contributed by atoms with Crippen LogP contribution in [0, 0.1) is 6.92 Å². The van der Waals surface area contributed by atoms with E-state index in [2.05, 4.69) is 5.16 Å². The number of aryl methyl sites for hydroxylation is 1. The van der Waals surface area contributed by atoms with Crippen molar-refractivity contribution in [2.75, 3.05) is 26.2 Å². The predicted octanol–water partition coefficient (Wildman–Crippen LogP) is 1.93. The minimum Gasteiger partial charge on any atom is -0.360 e. The number of rotatable bonds is 2. The average Bonchev–Trinajstić information content (AvgIpc) is 2.89. The van der Waals surface area contributed by atoms with E-state index in [1.807, 2.05) is 18.2 Å². The number of nitrogens with two attached hydrogens (primary N) is 1. The third-order valence-electron chi connectivity index (χ3n) is 3.81. The maximum absolute atomic E-state index is 12.8. The molecule has 1 fully saturated rings. The second-order valence-corrected chi connectivity index (χ2v) is 5.68. The molecule has 7 heteroatoms. The second kappa shape index (κ2) is 6.08. The Hall–Kier alpha value is -1.89. The summed E-state index contributed by atoms with van der Waals surface area (Å²) < 4.78 is 5.25. The zero-order valence-electron chi connectivity index (χ0n) is 12.3. The minimum absolute atomic E-state index is 0.0956. The molecule has 0 aliphatic carbocycles. The van der Waals surface area contributed by atoms with Crippen molar-refractivity contribution in [2.24, 2.45) is 5.84 Å². The maximum atomic E-state index is 12.8. The highest BCUT2D eigenvalue weighted by atomic mass is 35.5. The molecule has 1 saturated heterocycles. The Morgan fingerprint density at radius 1 is 1.27 bits per heavy atom. The van der Waals surface area contributed by atoms with Crippen LogP contribution in [0.3, 0.4) is 0 Å². The number of carbonyl (C=O) groups is 1. The molecule has 0 unspecified atom stereocenters. The van der Waals surface area contributed by atoms with Crippen LogP contribution < -0.4 is 5.84 Å². The molecular formula is C15H17ClN4O2. The van der Waals surface area contributed by atoms with Gasteiger partial charge in [-0.25, -0.2) is 5.01 Å². The van der Waals surface area contributed by atoms with Gasteiger partial charge in [-0.15, -0.1) is 0 Å². The summed E-state index contributed by atoms with van der Waals surface area (Å²) in [7, 11) is 0. The van der Waals surface area contributed by atoms with Gasteiger partial charge in [0.25, 0.3) is 5.91 Å². The Kier molecular flexibility index (Phi) is 4.15. The topological polar surface area (TPSA) is 75.6 Å². The van der Waals surface area contributed by atoms with Crippen LogP contribution in [0.5, 0.6) is 0 Å². The minimum atomic E-state index is -0.0956. The Bertz CT molecular complexity index is 693. The van der Waals surface area contributed by atoms with Gasteiger partial charge in [-0.3, -0.25) is 10.6 Å². The Labute approximate surface area is 133 Å². The lowest BCUT2D eigenvalue weighted by Crippen LogP contribution is -2.51. The lowest BCUT2D eigenvalue weighted by molar-refractivity contribution is 0.0637. The van der Waals surface area contributed by atoms with Crippen LogP contribution in [-0.2, 0) is 0 Å². The van der Waals surface area contributed by atoms with Crippen LogP contribution >= 0.6 is 11.6 Å². The monoisotopic (exact) mass is 320 g/mol. The molecule has 0 bridgehead atoms. The van der Waals surface area contributed by atoms with Crippen LogP contribution in [0.2, 0.25) is 5.02 Å². The van der Waals surface area contributed by atoms with Crippen molar-refractivity contribution >= 4 is 17.5 Å². The summed E-state index contributed by atoms with van der Waals surface area (Å²) in [5, 5.41) is 6.28. The smallest absolute Gasteiger partial charge is 0.259 e. The van der Waals surface area contributed by atoms with Gasteiger partial charge >= 0.3 is 0 Å². The van der Waals surface area contributed by atoms with Crippen LogP contribution in [0.25, 0.3) is 11.3 Å². The van der Waals surface area contributed by atoms with E-state index in [-0.39, 0.29) is 5.91 Å². The normalized spacial score (nSPS) is 16.0. The molecular weight excluding hydrogens is 304 g/mol. The molecule has 0 radical (unpaired) electrons. The van der Waals surface area contributed by atoms with E-state index in [9.17, 15) is 4.79 Å². The van der Waals surface area contributed by atoms with Crippen molar-refractivity contribution in [3.8, 4) is 11.3 Å². The second-order valence-electron chi connectivity index (χ2n) is 5.27. The fourth-order valence-corrected chi connectivity index (χ4v) is 2.77. The average molecular weight is 321 g/mol. The third-order valence-corrected chi connectivity index (χ3v) is 4.14. The summed E-state index contributed by atoms with van der Waals surface area (Å²) in [5.41, 5.74) is 1.66. The zero-order chi connectivity index (χ0) is 15.7. The zero-order valence-corrected chi connectivity index (χ0v) is 13.0. The molecule has 1 aromatic heterocycles. The molecule has 6 nitrogen and oxygen atoms in total. The Morgan fingerprint density at radius 3 is 2.64 bits per heavy atom. The Morgan fingerprint density at radius 2 is 1.95 bits per heavy atom. The first-order chi connectivity index (χ1) is 10.6. The number of halogens is 1. The van der Waals surface area contributed by atoms with Crippen molar-refractivity contribution in [1.29, 1.82) is 0 Å². The van der Waals surface area contributed by atoms with Crippen molar-refractivity contribution in [1.82, 2.24) is 15.1 Å². The fraction of sp³-hybridized carbons (Fsp3) is 0.333. The number of carbonyl (C=O) groups excluding carboxylic acids is 1. The van der Waals surface area contributed by atoms with Crippen LogP contribution in [-0.4, -0.2) is 47.2 Å². The molecule has 0 atom stereocenters. The predicted molar refractivity (Wildman–Crippen MR) is 83.3 cm³/mol. The number of hydrogen-bond acceptors (Lipinski definition) is 5. The van der Waals surface area contributed by atoms with E-state index in [0.717, 1.165) is 0 Å². The number of piperazine rings is 1. The lowest BCUT2D eigenvalue weighted by Gasteiger charge is -2.32. The van der Waals surface area contributed by atoms with Crippen molar-refractivity contribution in [3.63, 3.8) is 0 Å². The molecule has 1 aromatic carbocycles. The summed E-state index contributed by atoms with van der Waals surface area (Å²) in [5.74, 6) is 6.13. The summed E-state index contributed by atoms with van der Waals surface area (Å²) in [4.78, 5) is 14.6. The first kappa shape index (κ1) is 15.0. The summed E-state index contributed by atoms with van der Waals surface area (Å²) >= 11 is 6.22. The van der Waals surface area contributed by atoms with Crippen LogP contribution in [0.4, 0.5) is 0 Å². The molecule has 1 amide bonds. The Balaban J connectivity index is 1.96. The number of hydrazine groups is 1. The number of amides is 1. The van der Waals surface area contributed by atoms with Gasteiger partial charge in [0.2, 0.25) is 0 Å². The molecule has 1 aliphatic rings. The van der Waals surface area contributed by atoms with Gasteiger partial charge in [-0.1, -0.05) is 35.0 Å². The van der Waals surface area contributed by atoms with Crippen LogP contribution in [0.1, 0.15) is 16.1 Å². The highest BCUT2D eigenvalue weighted by molar-refractivity contribution is 6.33. The number of nitrogens with zero attached hydrogens (tertiary/aromatic N) is 3. The number of hydrogen-bond donors (Lipinski definition) is 1. The van der Waals surface area contributed by atoms with Crippen molar-refractivity contribution < 1.29 is 9.32 Å². The summed E-state index contributed by atoms with van der Waals surface area (Å²) in [6, 6.07) is 7.28. The molecule has 0 spiro atoms. The van der Waals surface area contributed by atoms with Crippen LogP contribution in [0.15, 0.2) is 28.8 Å². The molecule has 2 N–H and O–H groups in total. The largest absolute Gasteiger partial charge is 0.360 e. The molecule has 22 heavy (non-hydrogen) atoms. The molecule has 0 saturated carbocycles. The molecule has 3 rings (SSSR count). The van der Waals surface area contributed by atoms with E-state index < -0.39 is 0 Å². The quantitative estimate of drug-likeness (QED) is 0.856. The molecule has 116 valence electrons. The van der Waals surface area contributed by atoms with Gasteiger partial charge in [-0.05, 0) is 13.0 Å². The van der Waals surface area contributed by atoms with Gasteiger partial charge in [0, 0.05) is 31.7 Å². The summed E-state index contributed by atoms with van der Waals surface area (Å²) in [6.07, 6.45) is 0. The maximum Gasteiger partial charge on any atom is 0.259 e. The van der Waals surface area contributed by atoms with E-state index >= 15 is 0 Å². The third kappa shape index (κ3) is 2.72. The molecule has 2 heterocycles.